The van der Waals surface area contributed by atoms with Gasteiger partial charge in [-0.1, -0.05) is 49.6 Å². The van der Waals surface area contributed by atoms with Crippen LogP contribution in [0.5, 0.6) is 0 Å². The monoisotopic (exact) mass is 192 g/mol. The lowest BCUT2D eigenvalue weighted by Gasteiger charge is -2.18. The summed E-state index contributed by atoms with van der Waals surface area (Å²) >= 11 is 0. The highest BCUT2D eigenvalue weighted by molar-refractivity contribution is 5.30. The molecule has 0 aliphatic heterocycles. The zero-order chi connectivity index (χ0) is 10.7. The lowest BCUT2D eigenvalue weighted by molar-refractivity contribution is 0.115. The molecule has 1 heteroatoms. The fourth-order valence-electron chi connectivity index (χ4n) is 1.73. The Balaban J connectivity index is 2.94. The van der Waals surface area contributed by atoms with E-state index in [0.29, 0.717) is 5.92 Å². The molecule has 0 fully saturated rings. The van der Waals surface area contributed by atoms with Crippen molar-refractivity contribution in [2.24, 2.45) is 5.92 Å². The second-order valence-electron chi connectivity index (χ2n) is 4.25. The van der Waals surface area contributed by atoms with Crippen LogP contribution in [0.15, 0.2) is 18.2 Å². The first-order valence-corrected chi connectivity index (χ1v) is 5.30. The van der Waals surface area contributed by atoms with Crippen LogP contribution in [-0.2, 0) is 0 Å². The van der Waals surface area contributed by atoms with E-state index in [0.717, 1.165) is 12.0 Å². The molecule has 0 aromatic heterocycles. The predicted molar refractivity (Wildman–Crippen MR) is 60.3 cm³/mol. The summed E-state index contributed by atoms with van der Waals surface area (Å²) in [7, 11) is 0. The van der Waals surface area contributed by atoms with Gasteiger partial charge in [-0.15, -0.1) is 0 Å². The summed E-state index contributed by atoms with van der Waals surface area (Å²) in [5.74, 6) is 0.330. The van der Waals surface area contributed by atoms with Gasteiger partial charge in [-0.3, -0.25) is 0 Å². The second-order valence-corrected chi connectivity index (χ2v) is 4.25. The van der Waals surface area contributed by atoms with Gasteiger partial charge in [0.1, 0.15) is 0 Å². The fourth-order valence-corrected chi connectivity index (χ4v) is 1.73. The molecular weight excluding hydrogens is 172 g/mol. The average Bonchev–Trinajstić information content (AvgIpc) is 2.14. The maximum Gasteiger partial charge on any atom is 0.0815 e. The minimum atomic E-state index is -0.321. The fraction of sp³-hybridized carbons (Fsp3) is 0.538. The lowest BCUT2D eigenvalue weighted by atomic mass is 9.93. The van der Waals surface area contributed by atoms with E-state index < -0.39 is 0 Å². The summed E-state index contributed by atoms with van der Waals surface area (Å²) in [6.07, 6.45) is 0.687. The van der Waals surface area contributed by atoms with Crippen molar-refractivity contribution in [3.63, 3.8) is 0 Å². The molecule has 78 valence electrons. The van der Waals surface area contributed by atoms with E-state index in [1.165, 1.54) is 11.1 Å². The van der Waals surface area contributed by atoms with Crippen molar-refractivity contribution in [3.8, 4) is 0 Å². The van der Waals surface area contributed by atoms with Gasteiger partial charge in [0.25, 0.3) is 0 Å². The normalized spacial score (nSPS) is 15.2. The third kappa shape index (κ3) is 2.58. The zero-order valence-corrected chi connectivity index (χ0v) is 9.54. The molecule has 1 aromatic carbocycles. The van der Waals surface area contributed by atoms with Crippen LogP contribution in [0, 0.1) is 19.8 Å². The zero-order valence-electron chi connectivity index (χ0n) is 9.54. The van der Waals surface area contributed by atoms with Crippen LogP contribution in [0.2, 0.25) is 0 Å². The number of hydrogen-bond donors (Lipinski definition) is 1. The Morgan fingerprint density at radius 1 is 1.14 bits per heavy atom. The number of rotatable bonds is 3. The molecule has 0 heterocycles. The van der Waals surface area contributed by atoms with E-state index in [9.17, 15) is 5.11 Å². The van der Waals surface area contributed by atoms with Gasteiger partial charge in [0, 0.05) is 0 Å². The maximum absolute atomic E-state index is 10.0. The van der Waals surface area contributed by atoms with E-state index in [2.05, 4.69) is 45.9 Å². The smallest absolute Gasteiger partial charge is 0.0815 e. The van der Waals surface area contributed by atoms with Crippen LogP contribution in [0.4, 0.5) is 0 Å². The maximum atomic E-state index is 10.0. The molecule has 0 saturated heterocycles. The lowest BCUT2D eigenvalue weighted by Crippen LogP contribution is -2.08. The Hall–Kier alpha value is -0.820. The second kappa shape index (κ2) is 4.61. The van der Waals surface area contributed by atoms with Crippen molar-refractivity contribution < 1.29 is 5.11 Å². The van der Waals surface area contributed by atoms with Crippen LogP contribution < -0.4 is 0 Å². The third-order valence-electron chi connectivity index (χ3n) is 2.77. The summed E-state index contributed by atoms with van der Waals surface area (Å²) in [4.78, 5) is 0. The summed E-state index contributed by atoms with van der Waals surface area (Å²) in [5, 5.41) is 10.0. The molecule has 0 saturated carbocycles. The van der Waals surface area contributed by atoms with Crippen LogP contribution in [0.25, 0.3) is 0 Å². The van der Waals surface area contributed by atoms with Crippen LogP contribution in [0.3, 0.4) is 0 Å². The van der Waals surface area contributed by atoms with Gasteiger partial charge >= 0.3 is 0 Å². The van der Waals surface area contributed by atoms with Gasteiger partial charge in [0.05, 0.1) is 6.10 Å². The Labute approximate surface area is 86.8 Å². The number of aliphatic hydroxyl groups excluding tert-OH is 1. The minimum Gasteiger partial charge on any atom is -0.388 e. The van der Waals surface area contributed by atoms with Gasteiger partial charge in [0.15, 0.2) is 0 Å². The van der Waals surface area contributed by atoms with Crippen molar-refractivity contribution in [1.29, 1.82) is 0 Å². The molecule has 2 atom stereocenters. The van der Waals surface area contributed by atoms with Gasteiger partial charge in [0.2, 0.25) is 0 Å². The van der Waals surface area contributed by atoms with E-state index >= 15 is 0 Å². The Morgan fingerprint density at radius 2 is 1.64 bits per heavy atom. The van der Waals surface area contributed by atoms with Crippen molar-refractivity contribution >= 4 is 0 Å². The van der Waals surface area contributed by atoms with E-state index in [-0.39, 0.29) is 6.10 Å². The summed E-state index contributed by atoms with van der Waals surface area (Å²) in [5.41, 5.74) is 3.50. The Kier molecular flexibility index (Phi) is 3.70. The molecular formula is C13H20O. The topological polar surface area (TPSA) is 20.2 Å². The van der Waals surface area contributed by atoms with E-state index in [1.54, 1.807) is 0 Å². The van der Waals surface area contributed by atoms with Crippen LogP contribution >= 0.6 is 0 Å². The predicted octanol–water partition coefficient (Wildman–Crippen LogP) is 3.38. The number of hydrogen-bond acceptors (Lipinski definition) is 1. The van der Waals surface area contributed by atoms with Crippen LogP contribution in [0.1, 0.15) is 43.1 Å². The van der Waals surface area contributed by atoms with Gasteiger partial charge in [-0.05, 0) is 25.3 Å². The van der Waals surface area contributed by atoms with Gasteiger partial charge < -0.3 is 5.11 Å². The molecule has 1 N–H and O–H groups in total. The number of aliphatic hydroxyl groups is 1. The molecule has 1 nitrogen and oxygen atoms in total. The number of benzene rings is 1. The van der Waals surface area contributed by atoms with E-state index in [4.69, 9.17) is 0 Å². The largest absolute Gasteiger partial charge is 0.388 e. The molecule has 0 spiro atoms. The minimum absolute atomic E-state index is 0.321. The highest BCUT2D eigenvalue weighted by Gasteiger charge is 2.14. The molecule has 2 unspecified atom stereocenters. The summed E-state index contributed by atoms with van der Waals surface area (Å²) in [6, 6.07) is 6.28. The summed E-state index contributed by atoms with van der Waals surface area (Å²) in [6.45, 7) is 8.33. The molecule has 0 aliphatic carbocycles. The quantitative estimate of drug-likeness (QED) is 0.778. The molecule has 0 amide bonds. The molecule has 1 aromatic rings. The van der Waals surface area contributed by atoms with Crippen molar-refractivity contribution in [3.05, 3.63) is 34.9 Å². The molecule has 0 bridgehead atoms. The highest BCUT2D eigenvalue weighted by atomic mass is 16.3. The van der Waals surface area contributed by atoms with Crippen molar-refractivity contribution in [2.45, 2.75) is 40.2 Å². The third-order valence-corrected chi connectivity index (χ3v) is 2.77. The standard InChI is InChI=1S/C13H20O/c1-5-11(4)13(14)12-7-9(2)6-10(3)8-12/h6-8,11,13-14H,5H2,1-4H3. The first-order chi connectivity index (χ1) is 6.54. The average molecular weight is 192 g/mol. The Bertz CT molecular complexity index is 284. The number of aryl methyl sites for hydroxylation is 2. The van der Waals surface area contributed by atoms with E-state index in [1.807, 2.05) is 0 Å². The summed E-state index contributed by atoms with van der Waals surface area (Å²) < 4.78 is 0. The van der Waals surface area contributed by atoms with Gasteiger partial charge in [-0.25, -0.2) is 0 Å². The SMILES string of the molecule is CCC(C)C(O)c1cc(C)cc(C)c1. The Morgan fingerprint density at radius 3 is 2.07 bits per heavy atom. The molecule has 0 radical (unpaired) electrons. The molecule has 14 heavy (non-hydrogen) atoms. The molecule has 0 aliphatic rings. The first kappa shape index (κ1) is 11.3. The highest BCUT2D eigenvalue weighted by Crippen LogP contribution is 2.25. The van der Waals surface area contributed by atoms with Gasteiger partial charge in [-0.2, -0.15) is 0 Å². The molecule has 1 rings (SSSR count). The van der Waals surface area contributed by atoms with Crippen molar-refractivity contribution in [1.82, 2.24) is 0 Å². The van der Waals surface area contributed by atoms with Crippen molar-refractivity contribution in [2.75, 3.05) is 0 Å². The first-order valence-electron chi connectivity index (χ1n) is 5.30. The van der Waals surface area contributed by atoms with Crippen LogP contribution in [-0.4, -0.2) is 5.11 Å².